The summed E-state index contributed by atoms with van der Waals surface area (Å²) in [5, 5.41) is 14.5. The number of nitrogens with one attached hydrogen (secondary N) is 1. The SMILES string of the molecule is Cc1cc(Cn2cc(Br)c([N+](=O)[O-])n2)oc1C(=O)NN. The molecule has 3 N–H and O–H groups in total. The van der Waals surface area contributed by atoms with E-state index in [1.54, 1.807) is 13.0 Å². The third kappa shape index (κ3) is 2.70. The Kier molecular flexibility index (Phi) is 3.86. The van der Waals surface area contributed by atoms with Crippen molar-refractivity contribution < 1.29 is 14.1 Å². The third-order valence-corrected chi connectivity index (χ3v) is 3.06. The van der Waals surface area contributed by atoms with Crippen molar-refractivity contribution in [3.8, 4) is 0 Å². The molecule has 2 heterocycles. The maximum Gasteiger partial charge on any atom is 0.404 e. The van der Waals surface area contributed by atoms with Crippen LogP contribution in [0, 0.1) is 17.0 Å². The molecule has 0 saturated carbocycles. The van der Waals surface area contributed by atoms with Gasteiger partial charge >= 0.3 is 11.7 Å². The normalized spacial score (nSPS) is 10.6. The predicted octanol–water partition coefficient (Wildman–Crippen LogP) is 1.11. The van der Waals surface area contributed by atoms with Crippen molar-refractivity contribution in [3.63, 3.8) is 0 Å². The lowest BCUT2D eigenvalue weighted by Gasteiger charge is -1.95. The monoisotopic (exact) mass is 343 g/mol. The van der Waals surface area contributed by atoms with Crippen LogP contribution in [0.3, 0.4) is 0 Å². The summed E-state index contributed by atoms with van der Waals surface area (Å²) in [5.41, 5.74) is 2.59. The van der Waals surface area contributed by atoms with Crippen molar-refractivity contribution in [1.82, 2.24) is 15.2 Å². The summed E-state index contributed by atoms with van der Waals surface area (Å²) >= 11 is 3.05. The minimum Gasteiger partial charge on any atom is -0.454 e. The van der Waals surface area contributed by atoms with Gasteiger partial charge in [0.2, 0.25) is 0 Å². The molecule has 0 aliphatic rings. The van der Waals surface area contributed by atoms with Gasteiger partial charge in [-0.2, -0.15) is 4.68 Å². The highest BCUT2D eigenvalue weighted by Crippen LogP contribution is 2.23. The van der Waals surface area contributed by atoms with Crippen LogP contribution in [0.15, 0.2) is 21.2 Å². The van der Waals surface area contributed by atoms with Crippen LogP contribution < -0.4 is 11.3 Å². The number of aromatic nitrogens is 2. The number of rotatable bonds is 4. The zero-order chi connectivity index (χ0) is 14.9. The van der Waals surface area contributed by atoms with Gasteiger partial charge in [-0.15, -0.1) is 0 Å². The van der Waals surface area contributed by atoms with E-state index in [0.717, 1.165) is 0 Å². The molecule has 1 amide bonds. The minimum absolute atomic E-state index is 0.100. The summed E-state index contributed by atoms with van der Waals surface area (Å²) in [6.07, 6.45) is 1.46. The Labute approximate surface area is 121 Å². The number of hydrazine groups is 1. The number of furan rings is 1. The van der Waals surface area contributed by atoms with E-state index in [0.29, 0.717) is 11.3 Å². The lowest BCUT2D eigenvalue weighted by Crippen LogP contribution is -2.30. The molecule has 0 unspecified atom stereocenters. The number of nitro groups is 1. The molecule has 0 aliphatic carbocycles. The fraction of sp³-hybridized carbons (Fsp3) is 0.200. The Hall–Kier alpha value is -2.20. The van der Waals surface area contributed by atoms with Gasteiger partial charge in [0.05, 0.1) is 11.3 Å². The zero-order valence-corrected chi connectivity index (χ0v) is 11.9. The van der Waals surface area contributed by atoms with Crippen molar-refractivity contribution in [3.05, 3.63) is 43.9 Å². The number of nitrogens with two attached hydrogens (primary N) is 1. The molecule has 2 aromatic heterocycles. The Morgan fingerprint density at radius 3 is 2.95 bits per heavy atom. The third-order valence-electron chi connectivity index (χ3n) is 2.50. The van der Waals surface area contributed by atoms with Crippen LogP contribution in [0.4, 0.5) is 5.82 Å². The lowest BCUT2D eigenvalue weighted by molar-refractivity contribution is -0.390. The number of hydrogen-bond acceptors (Lipinski definition) is 6. The van der Waals surface area contributed by atoms with E-state index in [2.05, 4.69) is 21.0 Å². The van der Waals surface area contributed by atoms with Crippen LogP contribution in [0.2, 0.25) is 0 Å². The number of nitrogens with zero attached hydrogens (tertiary/aromatic N) is 3. The van der Waals surface area contributed by atoms with Gasteiger partial charge in [-0.1, -0.05) is 0 Å². The minimum atomic E-state index is -0.596. The molecule has 2 rings (SSSR count). The van der Waals surface area contributed by atoms with Crippen molar-refractivity contribution in [2.45, 2.75) is 13.5 Å². The number of carbonyl (C=O) groups excluding carboxylic acids is 1. The molecular formula is C10H10BrN5O4. The first-order valence-electron chi connectivity index (χ1n) is 5.40. The quantitative estimate of drug-likeness (QED) is 0.370. The van der Waals surface area contributed by atoms with E-state index >= 15 is 0 Å². The molecule has 0 saturated heterocycles. The standard InChI is InChI=1S/C10H10BrN5O4/c1-5-2-6(20-8(5)10(17)13-12)3-15-4-7(11)9(14-15)16(18)19/h2,4H,3,12H2,1H3,(H,13,17). The first-order valence-corrected chi connectivity index (χ1v) is 6.19. The maximum absolute atomic E-state index is 11.4. The second-order valence-electron chi connectivity index (χ2n) is 3.95. The second-order valence-corrected chi connectivity index (χ2v) is 4.81. The summed E-state index contributed by atoms with van der Waals surface area (Å²) in [7, 11) is 0. The molecule has 9 nitrogen and oxygen atoms in total. The summed E-state index contributed by atoms with van der Waals surface area (Å²) in [6.45, 7) is 1.85. The Morgan fingerprint density at radius 1 is 1.70 bits per heavy atom. The van der Waals surface area contributed by atoms with Crippen LogP contribution >= 0.6 is 15.9 Å². The van der Waals surface area contributed by atoms with Crippen LogP contribution in [0.5, 0.6) is 0 Å². The summed E-state index contributed by atoms with van der Waals surface area (Å²) in [6, 6.07) is 1.64. The molecule has 0 atom stereocenters. The molecule has 2 aromatic rings. The van der Waals surface area contributed by atoms with Gasteiger partial charge in [0.1, 0.15) is 16.8 Å². The van der Waals surface area contributed by atoms with E-state index < -0.39 is 10.8 Å². The molecule has 0 spiro atoms. The van der Waals surface area contributed by atoms with Crippen LogP contribution in [0.1, 0.15) is 21.9 Å². The van der Waals surface area contributed by atoms with E-state index in [1.165, 1.54) is 10.9 Å². The first-order chi connectivity index (χ1) is 9.42. The summed E-state index contributed by atoms with van der Waals surface area (Å²) < 4.78 is 6.95. The second kappa shape index (κ2) is 5.43. The molecule has 0 fully saturated rings. The van der Waals surface area contributed by atoms with Crippen LogP contribution in [0.25, 0.3) is 0 Å². The average Bonchev–Trinajstić information content (AvgIpc) is 2.92. The van der Waals surface area contributed by atoms with Gasteiger partial charge in [-0.25, -0.2) is 5.84 Å². The molecule has 106 valence electrons. The summed E-state index contributed by atoms with van der Waals surface area (Å²) in [5.74, 6) is 4.74. The Morgan fingerprint density at radius 2 is 2.40 bits per heavy atom. The van der Waals surface area contributed by atoms with Crippen molar-refractivity contribution in [2.75, 3.05) is 0 Å². The molecular weight excluding hydrogens is 334 g/mol. The fourth-order valence-corrected chi connectivity index (χ4v) is 2.13. The van der Waals surface area contributed by atoms with Crippen molar-refractivity contribution in [1.29, 1.82) is 0 Å². The fourth-order valence-electron chi connectivity index (χ4n) is 1.67. The van der Waals surface area contributed by atoms with Gasteiger partial charge in [-0.3, -0.25) is 10.2 Å². The Balaban J connectivity index is 2.24. The first kappa shape index (κ1) is 14.2. The Bertz CT molecular complexity index is 677. The molecule has 0 aromatic carbocycles. The van der Waals surface area contributed by atoms with Crippen molar-refractivity contribution >= 4 is 27.7 Å². The number of nitrogen functional groups attached to an aromatic ring is 1. The smallest absolute Gasteiger partial charge is 0.404 e. The molecule has 0 bridgehead atoms. The molecule has 20 heavy (non-hydrogen) atoms. The highest BCUT2D eigenvalue weighted by Gasteiger charge is 2.20. The van der Waals surface area contributed by atoms with E-state index in [9.17, 15) is 14.9 Å². The highest BCUT2D eigenvalue weighted by atomic mass is 79.9. The largest absolute Gasteiger partial charge is 0.454 e. The lowest BCUT2D eigenvalue weighted by atomic mass is 10.2. The summed E-state index contributed by atoms with van der Waals surface area (Å²) in [4.78, 5) is 21.5. The van der Waals surface area contributed by atoms with E-state index in [-0.39, 0.29) is 22.6 Å². The predicted molar refractivity (Wildman–Crippen MR) is 70.8 cm³/mol. The van der Waals surface area contributed by atoms with Crippen LogP contribution in [-0.4, -0.2) is 20.6 Å². The van der Waals surface area contributed by atoms with Crippen molar-refractivity contribution in [2.24, 2.45) is 5.84 Å². The number of halogens is 1. The molecule has 0 aliphatic heterocycles. The zero-order valence-electron chi connectivity index (χ0n) is 10.3. The average molecular weight is 344 g/mol. The van der Waals surface area contributed by atoms with Gasteiger partial charge < -0.3 is 14.5 Å². The van der Waals surface area contributed by atoms with Gasteiger partial charge in [0.25, 0.3) is 0 Å². The van der Waals surface area contributed by atoms with Gasteiger partial charge in [0.15, 0.2) is 5.76 Å². The maximum atomic E-state index is 11.4. The molecule has 0 radical (unpaired) electrons. The molecule has 10 heteroatoms. The van der Waals surface area contributed by atoms with Gasteiger partial charge in [0, 0.05) is 5.56 Å². The van der Waals surface area contributed by atoms with Crippen LogP contribution in [-0.2, 0) is 6.54 Å². The number of amides is 1. The van der Waals surface area contributed by atoms with Gasteiger partial charge in [-0.05, 0) is 33.8 Å². The number of aryl methyl sites for hydroxylation is 1. The topological polar surface area (TPSA) is 129 Å². The highest BCUT2D eigenvalue weighted by molar-refractivity contribution is 9.10. The van der Waals surface area contributed by atoms with E-state index in [1.807, 2.05) is 5.43 Å². The van der Waals surface area contributed by atoms with E-state index in [4.69, 9.17) is 10.3 Å². The number of hydrogen-bond donors (Lipinski definition) is 2. The number of carbonyl (C=O) groups is 1.